The Morgan fingerprint density at radius 1 is 1.38 bits per heavy atom. The second-order valence-electron chi connectivity index (χ2n) is 8.35. The molecule has 2 rings (SSSR count). The summed E-state index contributed by atoms with van der Waals surface area (Å²) in [6.07, 6.45) is -0.404. The molecule has 2 N–H and O–H groups in total. The molecule has 2 heterocycles. The number of aryl methyl sites for hydroxylation is 1. The summed E-state index contributed by atoms with van der Waals surface area (Å²) in [4.78, 5) is 16.8. The molecule has 0 aromatic carbocycles. The van der Waals surface area contributed by atoms with E-state index in [2.05, 4.69) is 4.98 Å². The summed E-state index contributed by atoms with van der Waals surface area (Å²) in [6.45, 7) is 9.89. The highest BCUT2D eigenvalue weighted by atomic mass is 127. The van der Waals surface area contributed by atoms with Crippen molar-refractivity contribution in [2.75, 3.05) is 13.6 Å². The number of pyridine rings is 1. The fraction of sp³-hybridized carbons (Fsp3) is 0.611. The van der Waals surface area contributed by atoms with Gasteiger partial charge in [-0.2, -0.15) is 7.49 Å². The van der Waals surface area contributed by atoms with Gasteiger partial charge in [0.2, 0.25) is 0 Å². The van der Waals surface area contributed by atoms with Crippen molar-refractivity contribution >= 4 is 31.1 Å². The molecule has 2 atom stereocenters. The Balaban J connectivity index is 2.41. The van der Waals surface area contributed by atoms with Gasteiger partial charge in [-0.25, -0.2) is 4.39 Å². The van der Waals surface area contributed by atoms with E-state index in [1.165, 1.54) is 26.8 Å². The van der Waals surface area contributed by atoms with E-state index in [9.17, 15) is 19.4 Å². The van der Waals surface area contributed by atoms with Crippen LogP contribution < -0.4 is 0 Å². The van der Waals surface area contributed by atoms with Crippen LogP contribution in [0.3, 0.4) is 0 Å². The second-order valence-corrected chi connectivity index (χ2v) is 11.7. The van der Waals surface area contributed by atoms with Gasteiger partial charge < -0.3 is 14.9 Å². The molecule has 0 aliphatic carbocycles. The summed E-state index contributed by atoms with van der Waals surface area (Å²) in [7, 11) is 1.73. The summed E-state index contributed by atoms with van der Waals surface area (Å²) in [6, 6.07) is 1.38. The molecular weight excluding hydrogens is 454 g/mol. The predicted octanol–water partition coefficient (Wildman–Crippen LogP) is 3.03. The van der Waals surface area contributed by atoms with Gasteiger partial charge in [0.05, 0.1) is 24.0 Å². The predicted molar refractivity (Wildman–Crippen MR) is 105 cm³/mol. The van der Waals surface area contributed by atoms with Crippen LogP contribution in [-0.4, -0.2) is 47.2 Å². The standard InChI is InChI=1S/C18H27FIN2O4/c1-11-14(19)12(17(5,6)24)8-13(21-11)18(25)9-20-22(7,10-18)15(23)26-16(2,3)4/h8-9,24-25H,10H2,1-7H3/q+1. The van der Waals surface area contributed by atoms with Gasteiger partial charge in [-0.15, -0.1) is 0 Å². The fourth-order valence-corrected chi connectivity index (χ4v) is 5.27. The van der Waals surface area contributed by atoms with E-state index in [-0.39, 0.29) is 26.2 Å². The third-order valence-electron chi connectivity index (χ3n) is 3.98. The summed E-state index contributed by atoms with van der Waals surface area (Å²) >= 11 is -0.883. The highest BCUT2D eigenvalue weighted by Crippen LogP contribution is 2.39. The molecule has 8 heteroatoms. The lowest BCUT2D eigenvalue weighted by Gasteiger charge is -2.30. The topological polar surface area (TPSA) is 79.7 Å². The van der Waals surface area contributed by atoms with Crippen molar-refractivity contribution in [3.8, 4) is 0 Å². The summed E-state index contributed by atoms with van der Waals surface area (Å²) in [5.41, 5.74) is -3.12. The van der Waals surface area contributed by atoms with Gasteiger partial charge in [0, 0.05) is 9.58 Å². The summed E-state index contributed by atoms with van der Waals surface area (Å²) in [5, 5.41) is 21.4. The normalized spacial score (nSPS) is 26.5. The number of halogens is 2. The number of aliphatic hydroxyl groups is 2. The first-order valence-corrected chi connectivity index (χ1v) is 10.5. The third-order valence-corrected chi connectivity index (χ3v) is 7.26. The minimum atomic E-state index is -1.47. The quantitative estimate of drug-likeness (QED) is 0.502. The van der Waals surface area contributed by atoms with Crippen LogP contribution in [0.1, 0.15) is 51.6 Å². The maximum absolute atomic E-state index is 14.4. The summed E-state index contributed by atoms with van der Waals surface area (Å²) in [5.74, 6) is -0.595. The number of quaternary nitrogens is 1. The zero-order valence-corrected chi connectivity index (χ0v) is 18.4. The van der Waals surface area contributed by atoms with Crippen LogP contribution in [0.25, 0.3) is 0 Å². The van der Waals surface area contributed by atoms with Crippen molar-refractivity contribution in [3.05, 3.63) is 28.8 Å². The Kier molecular flexibility index (Phi) is 5.39. The average Bonchev–Trinajstić information content (AvgIpc) is 2.77. The molecule has 2 unspecified atom stereocenters. The molecule has 0 fully saturated rings. The molecule has 0 bridgehead atoms. The van der Waals surface area contributed by atoms with Crippen molar-refractivity contribution in [1.29, 1.82) is 0 Å². The zero-order chi connectivity index (χ0) is 20.1. The Hall–Kier alpha value is -0.970. The van der Waals surface area contributed by atoms with Crippen LogP contribution in [0.4, 0.5) is 9.18 Å². The molecule has 1 amide bonds. The highest BCUT2D eigenvalue weighted by molar-refractivity contribution is 14.1. The van der Waals surface area contributed by atoms with Gasteiger partial charge in [0.25, 0.3) is 0 Å². The van der Waals surface area contributed by atoms with Crippen molar-refractivity contribution in [2.45, 2.75) is 58.3 Å². The largest absolute Gasteiger partial charge is 0.523 e. The van der Waals surface area contributed by atoms with Crippen molar-refractivity contribution in [1.82, 2.24) is 4.98 Å². The minimum Gasteiger partial charge on any atom is -0.414 e. The number of nitrogens with zero attached hydrogens (tertiary/aromatic N) is 2. The number of carbonyl (C=O) groups excluding carboxylic acids is 1. The molecule has 1 aliphatic heterocycles. The van der Waals surface area contributed by atoms with Crippen molar-refractivity contribution in [2.24, 2.45) is 0 Å². The number of hydrogen-bond acceptors (Lipinski definition) is 5. The Labute approximate surface area is 163 Å². The number of rotatable bonds is 2. The summed E-state index contributed by atoms with van der Waals surface area (Å²) < 4.78 is 21.5. The number of likely N-dealkylation sites (N-methyl/N-ethyl adjacent to an activating group) is 1. The van der Waals surface area contributed by atoms with E-state index in [0.717, 1.165) is 0 Å². The minimum absolute atomic E-state index is 0.0391. The lowest BCUT2D eigenvalue weighted by molar-refractivity contribution is -0.662. The van der Waals surface area contributed by atoms with E-state index < -0.39 is 49.7 Å². The van der Waals surface area contributed by atoms with Crippen LogP contribution in [0.5, 0.6) is 0 Å². The molecular formula is C18H27FIN2O4+. The molecule has 26 heavy (non-hydrogen) atoms. The van der Waals surface area contributed by atoms with Gasteiger partial charge in [-0.05, 0) is 47.6 Å². The first-order chi connectivity index (χ1) is 11.6. The number of aromatic nitrogens is 1. The van der Waals surface area contributed by atoms with Gasteiger partial charge in [0.15, 0.2) is 26.6 Å². The van der Waals surface area contributed by atoms with Crippen LogP contribution in [0.2, 0.25) is 0 Å². The smallest absolute Gasteiger partial charge is 0.414 e. The number of amides is 1. The molecule has 0 saturated heterocycles. The number of ether oxygens (including phenoxy) is 1. The van der Waals surface area contributed by atoms with E-state index in [4.69, 9.17) is 4.74 Å². The fourth-order valence-electron chi connectivity index (χ4n) is 2.63. The zero-order valence-electron chi connectivity index (χ0n) is 16.2. The number of hydrogen-bond donors (Lipinski definition) is 2. The lowest BCUT2D eigenvalue weighted by Crippen LogP contribution is -2.48. The Bertz CT molecular complexity index is 770. The highest BCUT2D eigenvalue weighted by Gasteiger charge is 2.51. The Morgan fingerprint density at radius 3 is 2.46 bits per heavy atom. The van der Waals surface area contributed by atoms with E-state index in [0.29, 0.717) is 0 Å². The van der Waals surface area contributed by atoms with Gasteiger partial charge >= 0.3 is 6.09 Å². The van der Waals surface area contributed by atoms with E-state index in [1.807, 2.05) is 0 Å². The first kappa shape index (κ1) is 21.3. The number of carbonyl (C=O) groups is 1. The lowest BCUT2D eigenvalue weighted by atomic mass is 9.92. The third kappa shape index (κ3) is 4.29. The molecule has 146 valence electrons. The molecule has 1 aromatic rings. The van der Waals surface area contributed by atoms with Crippen molar-refractivity contribution in [3.63, 3.8) is 0 Å². The second kappa shape index (κ2) is 6.57. The van der Waals surface area contributed by atoms with E-state index >= 15 is 0 Å². The maximum Gasteiger partial charge on any atom is 0.523 e. The molecule has 0 radical (unpaired) electrons. The molecule has 6 nitrogen and oxygen atoms in total. The van der Waals surface area contributed by atoms with Gasteiger partial charge in [-0.1, -0.05) is 0 Å². The molecule has 1 aromatic heterocycles. The average molecular weight is 481 g/mol. The van der Waals surface area contributed by atoms with Crippen LogP contribution in [-0.2, 0) is 15.9 Å². The SMILES string of the molecule is Cc1nc(C2(O)C=I[N+](C)(C(=O)OC(C)(C)C)C2)cc(C(C)(C)O)c1F. The van der Waals surface area contributed by atoms with Gasteiger partial charge in [-0.3, -0.25) is 4.98 Å². The van der Waals surface area contributed by atoms with E-state index in [1.54, 1.807) is 31.8 Å². The first-order valence-electron chi connectivity index (χ1n) is 8.29. The van der Waals surface area contributed by atoms with Crippen LogP contribution >= 0.6 is 21.0 Å². The van der Waals surface area contributed by atoms with Crippen molar-refractivity contribution < 1.29 is 26.8 Å². The molecule has 0 saturated carbocycles. The Morgan fingerprint density at radius 2 is 1.96 bits per heavy atom. The van der Waals surface area contributed by atoms with Crippen LogP contribution in [0, 0.1) is 12.7 Å². The maximum atomic E-state index is 14.4. The molecule has 1 aliphatic rings. The van der Waals surface area contributed by atoms with Gasteiger partial charge in [0.1, 0.15) is 18.0 Å². The monoisotopic (exact) mass is 481 g/mol. The molecule has 0 spiro atoms. The van der Waals surface area contributed by atoms with Crippen LogP contribution in [0.15, 0.2) is 6.07 Å².